The number of nitrogens with zero attached hydrogens (tertiary/aromatic N) is 1. The Balaban J connectivity index is 1.95. The molecule has 0 amide bonds. The van der Waals surface area contributed by atoms with Gasteiger partial charge in [0, 0.05) is 17.5 Å². The van der Waals surface area contributed by atoms with Crippen LogP contribution < -0.4 is 15.8 Å². The molecule has 0 spiro atoms. The maximum absolute atomic E-state index is 13.0. The van der Waals surface area contributed by atoms with Crippen LogP contribution in [-0.2, 0) is 0 Å². The van der Waals surface area contributed by atoms with Crippen molar-refractivity contribution in [2.75, 3.05) is 0 Å². The number of carbonyl (C=O) groups excluding carboxylic acids is 1. The van der Waals surface area contributed by atoms with E-state index in [0.717, 1.165) is 21.7 Å². The molecule has 3 heteroatoms. The lowest BCUT2D eigenvalue weighted by Gasteiger charge is -2.25. The molecule has 0 saturated heterocycles. The lowest BCUT2D eigenvalue weighted by Crippen LogP contribution is -2.39. The third kappa shape index (κ3) is 2.26. The van der Waals surface area contributed by atoms with Gasteiger partial charge in [0.05, 0.1) is 17.6 Å². The van der Waals surface area contributed by atoms with Gasteiger partial charge in [-0.2, -0.15) is 5.26 Å². The fraction of sp³-hybridized carbons (Fsp3) is 0.0476. The molecule has 0 fully saturated rings. The van der Waals surface area contributed by atoms with E-state index in [0.29, 0.717) is 11.1 Å². The molecule has 4 rings (SSSR count). The molecule has 0 aromatic heterocycles. The van der Waals surface area contributed by atoms with E-state index in [9.17, 15) is 10.1 Å². The molecular formula is C21H14N2O. The third-order valence-electron chi connectivity index (χ3n) is 4.36. The summed E-state index contributed by atoms with van der Waals surface area (Å²) in [6, 6.07) is 17.1. The first-order valence-corrected chi connectivity index (χ1v) is 7.77. The van der Waals surface area contributed by atoms with Crippen molar-refractivity contribution in [2.45, 2.75) is 0 Å². The fourth-order valence-electron chi connectivity index (χ4n) is 3.20. The Morgan fingerprint density at radius 1 is 1.12 bits per heavy atom. The number of hydrogen-bond donors (Lipinski definition) is 1. The molecule has 1 atom stereocenters. The second kappa shape index (κ2) is 5.68. The predicted octanol–water partition coefficient (Wildman–Crippen LogP) is 2.00. The number of Topliss-reactive ketones (excluding diaryl/α,β-unsaturated/α-hetero) is 1. The molecule has 3 nitrogen and oxygen atoms in total. The molecule has 2 aliphatic rings. The van der Waals surface area contributed by atoms with Crippen molar-refractivity contribution in [3.63, 3.8) is 0 Å². The van der Waals surface area contributed by atoms with Gasteiger partial charge in [0.15, 0.2) is 5.78 Å². The molecule has 1 aliphatic carbocycles. The second-order valence-electron chi connectivity index (χ2n) is 5.79. The van der Waals surface area contributed by atoms with Gasteiger partial charge < -0.3 is 5.32 Å². The molecule has 1 N–H and O–H groups in total. The molecule has 0 bridgehead atoms. The highest BCUT2D eigenvalue weighted by Gasteiger charge is 2.27. The van der Waals surface area contributed by atoms with Crippen LogP contribution >= 0.6 is 0 Å². The van der Waals surface area contributed by atoms with E-state index in [2.05, 4.69) is 11.4 Å². The van der Waals surface area contributed by atoms with E-state index >= 15 is 0 Å². The zero-order chi connectivity index (χ0) is 16.5. The number of carbonyl (C=O) groups is 1. The Morgan fingerprint density at radius 3 is 2.75 bits per heavy atom. The van der Waals surface area contributed by atoms with Crippen LogP contribution in [0.2, 0.25) is 0 Å². The Morgan fingerprint density at radius 2 is 1.96 bits per heavy atom. The molecule has 1 heterocycles. The first-order chi connectivity index (χ1) is 11.8. The maximum Gasteiger partial charge on any atom is 0.174 e. The Labute approximate surface area is 139 Å². The van der Waals surface area contributed by atoms with Gasteiger partial charge in [-0.3, -0.25) is 4.79 Å². The summed E-state index contributed by atoms with van der Waals surface area (Å²) in [5, 5.41) is 14.4. The highest BCUT2D eigenvalue weighted by atomic mass is 16.1. The number of rotatable bonds is 2. The molecule has 1 unspecified atom stereocenters. The van der Waals surface area contributed by atoms with Crippen molar-refractivity contribution >= 4 is 17.6 Å². The summed E-state index contributed by atoms with van der Waals surface area (Å²) >= 11 is 0. The van der Waals surface area contributed by atoms with Gasteiger partial charge in [-0.1, -0.05) is 48.6 Å². The summed E-state index contributed by atoms with van der Waals surface area (Å²) in [5.41, 5.74) is 3.13. The first-order valence-electron chi connectivity index (χ1n) is 7.77. The number of allylic oxidation sites excluding steroid dienone is 4. The van der Waals surface area contributed by atoms with E-state index in [4.69, 9.17) is 0 Å². The van der Waals surface area contributed by atoms with E-state index in [1.165, 1.54) is 0 Å². The van der Waals surface area contributed by atoms with Crippen molar-refractivity contribution in [2.24, 2.45) is 5.92 Å². The van der Waals surface area contributed by atoms with Crippen LogP contribution in [0.1, 0.15) is 15.9 Å². The van der Waals surface area contributed by atoms with Crippen LogP contribution in [0.3, 0.4) is 0 Å². The van der Waals surface area contributed by atoms with E-state index in [1.54, 1.807) is 6.07 Å². The predicted molar refractivity (Wildman–Crippen MR) is 92.9 cm³/mol. The average molecular weight is 310 g/mol. The molecule has 2 aromatic rings. The Kier molecular flexibility index (Phi) is 3.36. The summed E-state index contributed by atoms with van der Waals surface area (Å²) in [7, 11) is 0. The molecule has 24 heavy (non-hydrogen) atoms. The van der Waals surface area contributed by atoms with Crippen molar-refractivity contribution in [1.29, 1.82) is 5.26 Å². The maximum atomic E-state index is 13.0. The average Bonchev–Trinajstić information content (AvgIpc) is 2.67. The highest BCUT2D eigenvalue weighted by Crippen LogP contribution is 2.28. The van der Waals surface area contributed by atoms with Crippen molar-refractivity contribution < 1.29 is 4.79 Å². The van der Waals surface area contributed by atoms with Gasteiger partial charge in [0.1, 0.15) is 0 Å². The minimum Gasteiger partial charge on any atom is -0.361 e. The molecule has 2 aromatic carbocycles. The largest absolute Gasteiger partial charge is 0.361 e. The summed E-state index contributed by atoms with van der Waals surface area (Å²) < 4.78 is 0. The van der Waals surface area contributed by atoms with E-state index in [-0.39, 0.29) is 11.7 Å². The number of nitrogens with one attached hydrogen (secondary N) is 1. The van der Waals surface area contributed by atoms with Crippen molar-refractivity contribution in [3.8, 4) is 6.07 Å². The second-order valence-corrected chi connectivity index (χ2v) is 5.79. The van der Waals surface area contributed by atoms with Gasteiger partial charge in [0.25, 0.3) is 0 Å². The minimum absolute atomic E-state index is 0.0597. The van der Waals surface area contributed by atoms with Crippen LogP contribution in [0.5, 0.6) is 0 Å². The standard InChI is InChI=1S/C21H14N2O/c22-12-14-9-10-16-13-23-19-8-4-7-17(20(19)18(16)11-14)21(24)15-5-2-1-3-6-15/h1-11,13,17,23H. The van der Waals surface area contributed by atoms with E-state index in [1.807, 2.05) is 66.9 Å². The first kappa shape index (κ1) is 14.2. The van der Waals surface area contributed by atoms with Crippen LogP contribution in [0.25, 0.3) is 11.8 Å². The van der Waals surface area contributed by atoms with Crippen molar-refractivity contribution in [1.82, 2.24) is 5.32 Å². The summed E-state index contributed by atoms with van der Waals surface area (Å²) in [4.78, 5) is 13.0. The summed E-state index contributed by atoms with van der Waals surface area (Å²) in [6.45, 7) is 0. The van der Waals surface area contributed by atoms with Gasteiger partial charge in [0.2, 0.25) is 0 Å². The molecule has 114 valence electrons. The van der Waals surface area contributed by atoms with E-state index < -0.39 is 0 Å². The molecule has 1 aliphatic heterocycles. The van der Waals surface area contributed by atoms with Gasteiger partial charge in [-0.05, 0) is 34.2 Å². The number of ketones is 1. The van der Waals surface area contributed by atoms with Crippen LogP contribution in [-0.4, -0.2) is 5.78 Å². The van der Waals surface area contributed by atoms with Gasteiger partial charge in [-0.15, -0.1) is 0 Å². The zero-order valence-electron chi connectivity index (χ0n) is 12.9. The highest BCUT2D eigenvalue weighted by molar-refractivity contribution is 6.06. The topological polar surface area (TPSA) is 52.9 Å². The summed E-state index contributed by atoms with van der Waals surface area (Å²) in [6.07, 6.45) is 7.70. The zero-order valence-corrected chi connectivity index (χ0v) is 12.9. The number of benzene rings is 2. The van der Waals surface area contributed by atoms with Crippen LogP contribution in [0.15, 0.2) is 72.5 Å². The quantitative estimate of drug-likeness (QED) is 0.863. The fourth-order valence-corrected chi connectivity index (χ4v) is 3.20. The number of fused-ring (bicyclic) bond motifs is 2. The lowest BCUT2D eigenvalue weighted by molar-refractivity contribution is 0.0968. The number of nitriles is 1. The molecule has 0 radical (unpaired) electrons. The monoisotopic (exact) mass is 310 g/mol. The SMILES string of the molecule is N#Cc1ccc2c(c1)=C1C(=CC=CC1C(=O)c1ccccc1)NC=2. The normalized spacial score (nSPS) is 17.5. The van der Waals surface area contributed by atoms with Crippen molar-refractivity contribution in [3.05, 3.63) is 94.0 Å². The Hall–Kier alpha value is -3.38. The molecule has 0 saturated carbocycles. The third-order valence-corrected chi connectivity index (χ3v) is 4.36. The Bertz CT molecular complexity index is 1050. The van der Waals surface area contributed by atoms with Crippen LogP contribution in [0, 0.1) is 17.2 Å². The molecular weight excluding hydrogens is 296 g/mol. The lowest BCUT2D eigenvalue weighted by atomic mass is 9.83. The van der Waals surface area contributed by atoms with Gasteiger partial charge in [-0.25, -0.2) is 0 Å². The minimum atomic E-state index is -0.360. The smallest absolute Gasteiger partial charge is 0.174 e. The van der Waals surface area contributed by atoms with Gasteiger partial charge >= 0.3 is 0 Å². The summed E-state index contributed by atoms with van der Waals surface area (Å²) in [5.74, 6) is -0.300. The number of hydrogen-bond acceptors (Lipinski definition) is 3. The van der Waals surface area contributed by atoms with Crippen LogP contribution in [0.4, 0.5) is 0 Å².